The van der Waals surface area contributed by atoms with Crippen LogP contribution in [0.2, 0.25) is 0 Å². The maximum absolute atomic E-state index is 12.6. The van der Waals surface area contributed by atoms with Gasteiger partial charge < -0.3 is 25.8 Å². The Morgan fingerprint density at radius 1 is 1.50 bits per heavy atom. The summed E-state index contributed by atoms with van der Waals surface area (Å²) in [5.41, 5.74) is 6.49. The monoisotopic (exact) mass is 406 g/mol. The van der Waals surface area contributed by atoms with Crippen LogP contribution in [0.4, 0.5) is 4.79 Å². The van der Waals surface area contributed by atoms with Gasteiger partial charge in [-0.3, -0.25) is 9.78 Å². The molecule has 3 heterocycles. The Hall–Kier alpha value is -2.59. The summed E-state index contributed by atoms with van der Waals surface area (Å²) < 4.78 is 4.25. The van der Waals surface area contributed by atoms with E-state index in [4.69, 9.17) is 10.5 Å². The molecule has 0 radical (unpaired) electrons. The van der Waals surface area contributed by atoms with Gasteiger partial charge in [-0.1, -0.05) is 6.07 Å². The third-order valence-corrected chi connectivity index (χ3v) is 6.19. The van der Waals surface area contributed by atoms with Crippen molar-refractivity contribution in [3.63, 3.8) is 0 Å². The number of carboxylic acid groups (broad SMARTS) is 1. The zero-order valence-electron chi connectivity index (χ0n) is 15.3. The summed E-state index contributed by atoms with van der Waals surface area (Å²) in [6.45, 7) is 2.37. The van der Waals surface area contributed by atoms with Gasteiger partial charge in [0.1, 0.15) is 18.0 Å². The predicted octanol–water partition coefficient (Wildman–Crippen LogP) is 0.667. The molecule has 2 saturated heterocycles. The van der Waals surface area contributed by atoms with Crippen LogP contribution in [0.5, 0.6) is 0 Å². The minimum absolute atomic E-state index is 0.139. The van der Waals surface area contributed by atoms with Gasteiger partial charge in [-0.2, -0.15) is 0 Å². The molecule has 3 rings (SSSR count). The lowest BCUT2D eigenvalue weighted by molar-refractivity contribution is -0.153. The number of carboxylic acids is 1. The van der Waals surface area contributed by atoms with E-state index in [1.54, 1.807) is 31.3 Å². The van der Waals surface area contributed by atoms with Crippen molar-refractivity contribution in [3.8, 4) is 0 Å². The Labute approximate surface area is 166 Å². The van der Waals surface area contributed by atoms with E-state index >= 15 is 0 Å². The van der Waals surface area contributed by atoms with Gasteiger partial charge in [0.15, 0.2) is 0 Å². The number of ether oxygens (including phenoxy) is 1. The van der Waals surface area contributed by atoms with E-state index in [2.05, 4.69) is 10.3 Å². The van der Waals surface area contributed by atoms with Crippen LogP contribution in [0, 0.1) is 0 Å². The van der Waals surface area contributed by atoms with Gasteiger partial charge in [-0.05, 0) is 38.1 Å². The zero-order valence-corrected chi connectivity index (χ0v) is 16.1. The fraction of sp³-hybridized carbons (Fsp3) is 0.444. The summed E-state index contributed by atoms with van der Waals surface area (Å²) in [6.07, 6.45) is 3.27. The normalized spacial score (nSPS) is 27.3. The number of fused-ring (bicyclic) bond motifs is 1. The highest BCUT2D eigenvalue weighted by Gasteiger charge is 2.63. The van der Waals surface area contributed by atoms with Gasteiger partial charge in [-0.25, -0.2) is 9.59 Å². The number of hydrogen-bond donors (Lipinski definition) is 3. The van der Waals surface area contributed by atoms with Crippen LogP contribution >= 0.6 is 11.8 Å². The number of carbonyl (C=O) groups excluding carboxylic acids is 2. The molecule has 2 aliphatic heterocycles. The predicted molar refractivity (Wildman–Crippen MR) is 103 cm³/mol. The quantitative estimate of drug-likeness (QED) is 0.342. The van der Waals surface area contributed by atoms with Crippen molar-refractivity contribution in [1.29, 1.82) is 0 Å². The van der Waals surface area contributed by atoms with Gasteiger partial charge in [-0.15, -0.1) is 11.8 Å². The fourth-order valence-corrected chi connectivity index (χ4v) is 4.84. The van der Waals surface area contributed by atoms with Crippen LogP contribution in [0.25, 0.3) is 6.08 Å². The average Bonchev–Trinajstić information content (AvgIpc) is 2.96. The Balaban J connectivity index is 1.73. The van der Waals surface area contributed by atoms with Crippen molar-refractivity contribution >= 4 is 35.8 Å². The fourth-order valence-electron chi connectivity index (χ4n) is 3.23. The Kier molecular flexibility index (Phi) is 5.90. The lowest BCUT2D eigenvalue weighted by Gasteiger charge is -2.39. The first-order chi connectivity index (χ1) is 13.4. The highest BCUT2D eigenvalue weighted by atomic mass is 32.2. The molecule has 2 amide bonds. The summed E-state index contributed by atoms with van der Waals surface area (Å²) in [7, 11) is 0. The number of β-lactam (4-membered cyclic amide) rings is 1. The number of amides is 2. The lowest BCUT2D eigenvalue weighted by Crippen LogP contribution is -2.59. The third-order valence-electron chi connectivity index (χ3n) is 4.60. The summed E-state index contributed by atoms with van der Waals surface area (Å²) in [4.78, 5) is 41.8. The first kappa shape index (κ1) is 20.2. The van der Waals surface area contributed by atoms with Crippen LogP contribution in [0.15, 0.2) is 30.0 Å². The minimum Gasteiger partial charge on any atom is -0.480 e. The van der Waals surface area contributed by atoms with Gasteiger partial charge in [0, 0.05) is 12.7 Å². The maximum atomic E-state index is 12.6. The maximum Gasteiger partial charge on any atom is 0.407 e. The molecule has 10 heteroatoms. The third kappa shape index (κ3) is 3.83. The van der Waals surface area contributed by atoms with Crippen LogP contribution in [-0.2, 0) is 14.3 Å². The second-order valence-corrected chi connectivity index (χ2v) is 8.35. The van der Waals surface area contributed by atoms with Crippen LogP contribution in [0.1, 0.15) is 19.0 Å². The number of aliphatic carboxylic acids is 1. The number of thioether (sulfide) groups is 1. The molecule has 1 unspecified atom stereocenters. The Bertz CT molecular complexity index is 802. The molecule has 0 spiro atoms. The van der Waals surface area contributed by atoms with Crippen molar-refractivity contribution in [2.24, 2.45) is 5.73 Å². The van der Waals surface area contributed by atoms with Crippen LogP contribution in [0.3, 0.4) is 0 Å². The van der Waals surface area contributed by atoms with E-state index in [1.165, 1.54) is 16.7 Å². The molecule has 0 aliphatic carbocycles. The standard InChI is InChI=1S/C18H22N4O5S/c1-18(10-27-17(26)21-8-4-6-19)13(16(24)25)22-14(23)12(15(22)28-18)9-11-5-2-3-7-20-11/h2-3,5,7,9,13,15H,4,6,8,10,19H2,1H3,(H,21,26)(H,24,25)/b12-9-/t13-,15?,18-/m0/s1. The number of alkyl carbamates (subject to hydrolysis) is 1. The zero-order chi connectivity index (χ0) is 20.3. The molecule has 4 N–H and O–H groups in total. The van der Waals surface area contributed by atoms with Crippen molar-refractivity contribution in [2.45, 2.75) is 29.5 Å². The lowest BCUT2D eigenvalue weighted by atomic mass is 9.94. The molecule has 0 aromatic carbocycles. The summed E-state index contributed by atoms with van der Waals surface area (Å²) in [6, 6.07) is 4.26. The van der Waals surface area contributed by atoms with Crippen LogP contribution in [-0.4, -0.2) is 68.8 Å². The molecule has 9 nitrogen and oxygen atoms in total. The number of nitrogens with one attached hydrogen (secondary N) is 1. The highest BCUT2D eigenvalue weighted by molar-refractivity contribution is 8.02. The summed E-state index contributed by atoms with van der Waals surface area (Å²) in [5, 5.41) is 11.8. The smallest absolute Gasteiger partial charge is 0.407 e. The topological polar surface area (TPSA) is 135 Å². The highest BCUT2D eigenvalue weighted by Crippen LogP contribution is 2.53. The van der Waals surface area contributed by atoms with Gasteiger partial charge in [0.25, 0.3) is 5.91 Å². The second kappa shape index (κ2) is 8.19. The van der Waals surface area contributed by atoms with Crippen molar-refractivity contribution in [3.05, 3.63) is 35.7 Å². The number of rotatable bonds is 7. The van der Waals surface area contributed by atoms with Crippen molar-refractivity contribution in [1.82, 2.24) is 15.2 Å². The van der Waals surface area contributed by atoms with E-state index in [9.17, 15) is 19.5 Å². The molecule has 0 saturated carbocycles. The molecule has 1 aromatic heterocycles. The molecular formula is C18H22N4O5S. The SMILES string of the molecule is C[C@@]1(COC(=O)NCCCN)SC2/C(=C\c3ccccn3)C(=O)N2[C@H]1C(=O)O. The van der Waals surface area contributed by atoms with Crippen LogP contribution < -0.4 is 11.1 Å². The molecule has 0 bridgehead atoms. The van der Waals surface area contributed by atoms with E-state index in [-0.39, 0.29) is 12.5 Å². The van der Waals surface area contributed by atoms with Crippen molar-refractivity contribution in [2.75, 3.05) is 19.7 Å². The van der Waals surface area contributed by atoms with E-state index in [0.29, 0.717) is 30.8 Å². The average molecular weight is 406 g/mol. The number of aromatic nitrogens is 1. The van der Waals surface area contributed by atoms with Gasteiger partial charge in [0.2, 0.25) is 0 Å². The molecule has 2 fully saturated rings. The molecular weight excluding hydrogens is 384 g/mol. The first-order valence-corrected chi connectivity index (χ1v) is 9.72. The number of carbonyl (C=O) groups is 3. The number of nitrogens with zero attached hydrogens (tertiary/aromatic N) is 2. The molecule has 150 valence electrons. The molecule has 3 atom stereocenters. The minimum atomic E-state index is -1.13. The Morgan fingerprint density at radius 3 is 2.93 bits per heavy atom. The van der Waals surface area contributed by atoms with E-state index < -0.39 is 28.2 Å². The Morgan fingerprint density at radius 2 is 2.29 bits per heavy atom. The van der Waals surface area contributed by atoms with Gasteiger partial charge in [0.05, 0.1) is 16.0 Å². The number of pyridine rings is 1. The van der Waals surface area contributed by atoms with Gasteiger partial charge >= 0.3 is 12.1 Å². The second-order valence-electron chi connectivity index (χ2n) is 6.74. The van der Waals surface area contributed by atoms with Crippen molar-refractivity contribution < 1.29 is 24.2 Å². The van der Waals surface area contributed by atoms with E-state index in [1.807, 2.05) is 6.07 Å². The molecule has 2 aliphatic rings. The largest absolute Gasteiger partial charge is 0.480 e. The molecule has 28 heavy (non-hydrogen) atoms. The first-order valence-electron chi connectivity index (χ1n) is 8.84. The summed E-state index contributed by atoms with van der Waals surface area (Å²) >= 11 is 1.30. The molecule has 1 aromatic rings. The van der Waals surface area contributed by atoms with E-state index in [0.717, 1.165) is 0 Å². The number of nitrogens with two attached hydrogens (primary N) is 1. The summed E-state index contributed by atoms with van der Waals surface area (Å²) in [5.74, 6) is -1.47. The number of hydrogen-bond acceptors (Lipinski definition) is 7.